The number of rotatable bonds is 6. The van der Waals surface area contributed by atoms with Gasteiger partial charge in [0.2, 0.25) is 15.9 Å². The van der Waals surface area contributed by atoms with Crippen LogP contribution in [0.4, 0.5) is 0 Å². The van der Waals surface area contributed by atoms with E-state index in [1.54, 1.807) is 35.6 Å². The second-order valence-corrected chi connectivity index (χ2v) is 10.1. The molecule has 29 heavy (non-hydrogen) atoms. The van der Waals surface area contributed by atoms with Crippen molar-refractivity contribution >= 4 is 37.5 Å². The molecular weight excluding hydrogens is 406 g/mol. The fraction of sp³-hybridized carbons (Fsp3) is 0.333. The molecule has 6 nitrogen and oxygen atoms in total. The van der Waals surface area contributed by atoms with E-state index in [1.807, 2.05) is 36.1 Å². The van der Waals surface area contributed by atoms with Gasteiger partial charge in [0, 0.05) is 19.5 Å². The molecule has 1 aromatic heterocycles. The third-order valence-electron chi connectivity index (χ3n) is 5.13. The van der Waals surface area contributed by atoms with Gasteiger partial charge in [0.15, 0.2) is 0 Å². The molecule has 4 rings (SSSR count). The van der Waals surface area contributed by atoms with Crippen LogP contribution in [0.1, 0.15) is 35.9 Å². The molecule has 152 valence electrons. The van der Waals surface area contributed by atoms with Gasteiger partial charge in [-0.3, -0.25) is 4.79 Å². The highest BCUT2D eigenvalue weighted by Crippen LogP contribution is 2.36. The first-order valence-electron chi connectivity index (χ1n) is 9.65. The second-order valence-electron chi connectivity index (χ2n) is 7.23. The number of hydrogen-bond donors (Lipinski definition) is 1. The molecule has 1 N–H and O–H groups in total. The Kier molecular flexibility index (Phi) is 5.67. The first-order chi connectivity index (χ1) is 13.9. The minimum Gasteiger partial charge on any atom is -0.333 e. The van der Waals surface area contributed by atoms with Gasteiger partial charge in [-0.15, -0.1) is 11.3 Å². The lowest BCUT2D eigenvalue weighted by Crippen LogP contribution is -2.34. The van der Waals surface area contributed by atoms with Gasteiger partial charge in [-0.25, -0.2) is 18.1 Å². The Labute approximate surface area is 174 Å². The maximum absolute atomic E-state index is 12.8. The van der Waals surface area contributed by atoms with Crippen molar-refractivity contribution in [1.82, 2.24) is 14.6 Å². The van der Waals surface area contributed by atoms with Crippen molar-refractivity contribution in [3.8, 4) is 0 Å². The third kappa shape index (κ3) is 4.34. The van der Waals surface area contributed by atoms with Gasteiger partial charge < -0.3 is 4.90 Å². The highest BCUT2D eigenvalue weighted by atomic mass is 32.2. The number of aryl methyl sites for hydroxylation is 1. The zero-order chi connectivity index (χ0) is 20.4. The third-order valence-corrected chi connectivity index (χ3v) is 7.75. The van der Waals surface area contributed by atoms with Gasteiger partial charge in [0.05, 0.1) is 21.2 Å². The van der Waals surface area contributed by atoms with Crippen molar-refractivity contribution in [2.45, 2.75) is 37.1 Å². The average molecular weight is 430 g/mol. The predicted octanol–water partition coefficient (Wildman–Crippen LogP) is 3.64. The van der Waals surface area contributed by atoms with Crippen LogP contribution in [0.3, 0.4) is 0 Å². The fourth-order valence-electron chi connectivity index (χ4n) is 3.59. The quantitative estimate of drug-likeness (QED) is 0.649. The van der Waals surface area contributed by atoms with Gasteiger partial charge >= 0.3 is 0 Å². The lowest BCUT2D eigenvalue weighted by Gasteiger charge is -2.23. The van der Waals surface area contributed by atoms with Crippen molar-refractivity contribution in [1.29, 1.82) is 0 Å². The van der Waals surface area contributed by atoms with E-state index >= 15 is 0 Å². The number of nitrogens with one attached hydrogen (secondary N) is 1. The van der Waals surface area contributed by atoms with Crippen LogP contribution in [-0.4, -0.2) is 37.3 Å². The molecule has 8 heteroatoms. The number of amides is 1. The minimum absolute atomic E-state index is 0.0198. The summed E-state index contributed by atoms with van der Waals surface area (Å²) >= 11 is 1.63. The summed E-state index contributed by atoms with van der Waals surface area (Å²) in [5, 5.41) is 0.956. The van der Waals surface area contributed by atoms with Gasteiger partial charge in [0.1, 0.15) is 5.01 Å². The number of fused-ring (bicyclic) bond motifs is 1. The van der Waals surface area contributed by atoms with Crippen LogP contribution in [0.25, 0.3) is 10.2 Å². The van der Waals surface area contributed by atoms with E-state index in [1.165, 1.54) is 0 Å². The molecule has 2 aromatic carbocycles. The summed E-state index contributed by atoms with van der Waals surface area (Å²) in [6.07, 6.45) is 1.95. The smallest absolute Gasteiger partial charge is 0.240 e. The Hall–Kier alpha value is -2.29. The molecule has 1 fully saturated rings. The molecular formula is C21H23N3O3S2. The summed E-state index contributed by atoms with van der Waals surface area (Å²) in [7, 11) is -3.61. The monoisotopic (exact) mass is 429 g/mol. The highest BCUT2D eigenvalue weighted by Gasteiger charge is 2.32. The van der Waals surface area contributed by atoms with Crippen molar-refractivity contribution in [2.75, 3.05) is 13.1 Å². The number of hydrogen-bond acceptors (Lipinski definition) is 5. The van der Waals surface area contributed by atoms with Crippen molar-refractivity contribution in [2.24, 2.45) is 0 Å². The Morgan fingerprint density at radius 1 is 1.21 bits per heavy atom. The molecule has 1 saturated heterocycles. The lowest BCUT2D eigenvalue weighted by atomic mass is 10.2. The first-order valence-corrected chi connectivity index (χ1v) is 12.0. The molecule has 0 bridgehead atoms. The molecule has 1 amide bonds. The van der Waals surface area contributed by atoms with Crippen molar-refractivity contribution < 1.29 is 13.2 Å². The minimum atomic E-state index is -3.61. The Balaban J connectivity index is 1.39. The molecule has 0 radical (unpaired) electrons. The molecule has 1 unspecified atom stereocenters. The second kappa shape index (κ2) is 8.22. The summed E-state index contributed by atoms with van der Waals surface area (Å²) in [5.41, 5.74) is 1.95. The summed E-state index contributed by atoms with van der Waals surface area (Å²) in [6, 6.07) is 14.6. The first kappa shape index (κ1) is 20.0. The summed E-state index contributed by atoms with van der Waals surface area (Å²) < 4.78 is 28.4. The van der Waals surface area contributed by atoms with Crippen LogP contribution < -0.4 is 4.72 Å². The molecule has 1 aliphatic rings. The Morgan fingerprint density at radius 2 is 1.97 bits per heavy atom. The number of carbonyl (C=O) groups excluding carboxylic acids is 1. The normalized spacial score (nSPS) is 17.1. The predicted molar refractivity (Wildman–Crippen MR) is 114 cm³/mol. The number of benzene rings is 2. The van der Waals surface area contributed by atoms with Gasteiger partial charge in [-0.05, 0) is 44.0 Å². The van der Waals surface area contributed by atoms with Crippen molar-refractivity contribution in [3.63, 3.8) is 0 Å². The van der Waals surface area contributed by atoms with Gasteiger partial charge in [0.25, 0.3) is 0 Å². The van der Waals surface area contributed by atoms with Crippen LogP contribution in [0.15, 0.2) is 53.4 Å². The largest absolute Gasteiger partial charge is 0.333 e. The van der Waals surface area contributed by atoms with E-state index < -0.39 is 10.0 Å². The fourth-order valence-corrected chi connectivity index (χ4v) is 5.74. The van der Waals surface area contributed by atoms with E-state index in [-0.39, 0.29) is 29.8 Å². The molecule has 0 spiro atoms. The molecule has 0 aliphatic carbocycles. The number of carbonyl (C=O) groups is 1. The van der Waals surface area contributed by atoms with E-state index in [0.717, 1.165) is 33.6 Å². The average Bonchev–Trinajstić information content (AvgIpc) is 3.34. The lowest BCUT2D eigenvalue weighted by molar-refractivity contribution is -0.131. The molecule has 0 saturated carbocycles. The maximum atomic E-state index is 12.8. The standard InChI is InChI=1S/C21H23N3O3S2/c1-15-8-10-16(11-9-15)29(26,27)22-13-12-20(25)24-14-4-6-18(24)21-23-17-5-2-3-7-19(17)28-21/h2-3,5,7-11,18,22H,4,6,12-14H2,1H3. The number of para-hydroxylation sites is 1. The topological polar surface area (TPSA) is 79.4 Å². The zero-order valence-corrected chi connectivity index (χ0v) is 17.8. The summed E-state index contributed by atoms with van der Waals surface area (Å²) in [4.78, 5) is 19.5. The van der Waals surface area contributed by atoms with Crippen LogP contribution in [0.5, 0.6) is 0 Å². The van der Waals surface area contributed by atoms with E-state index in [0.29, 0.717) is 6.54 Å². The number of likely N-dealkylation sites (tertiary alicyclic amines) is 1. The number of sulfonamides is 1. The van der Waals surface area contributed by atoms with Crippen LogP contribution >= 0.6 is 11.3 Å². The summed E-state index contributed by atoms with van der Waals surface area (Å²) in [5.74, 6) is -0.0432. The molecule has 2 heterocycles. The Bertz CT molecular complexity index is 1090. The number of thiazole rings is 1. The van der Waals surface area contributed by atoms with E-state index in [2.05, 4.69) is 4.72 Å². The van der Waals surface area contributed by atoms with Gasteiger partial charge in [-0.2, -0.15) is 0 Å². The SMILES string of the molecule is Cc1ccc(S(=O)(=O)NCCC(=O)N2CCCC2c2nc3ccccc3s2)cc1. The van der Waals surface area contributed by atoms with E-state index in [9.17, 15) is 13.2 Å². The van der Waals surface area contributed by atoms with Crippen molar-refractivity contribution in [3.05, 3.63) is 59.1 Å². The van der Waals surface area contributed by atoms with Crippen LogP contribution in [-0.2, 0) is 14.8 Å². The number of aromatic nitrogens is 1. The zero-order valence-electron chi connectivity index (χ0n) is 16.2. The Morgan fingerprint density at radius 3 is 2.72 bits per heavy atom. The molecule has 1 aliphatic heterocycles. The van der Waals surface area contributed by atoms with E-state index in [4.69, 9.17) is 4.98 Å². The van der Waals surface area contributed by atoms with Gasteiger partial charge in [-0.1, -0.05) is 29.8 Å². The van der Waals surface area contributed by atoms with Crippen LogP contribution in [0.2, 0.25) is 0 Å². The maximum Gasteiger partial charge on any atom is 0.240 e. The summed E-state index contributed by atoms with van der Waals surface area (Å²) in [6.45, 7) is 2.67. The highest BCUT2D eigenvalue weighted by molar-refractivity contribution is 7.89. The molecule has 1 atom stereocenters. The van der Waals surface area contributed by atoms with Crippen LogP contribution in [0, 0.1) is 6.92 Å². The number of nitrogens with zero attached hydrogens (tertiary/aromatic N) is 2. The molecule has 3 aromatic rings.